The van der Waals surface area contributed by atoms with E-state index in [1.165, 1.54) is 19.1 Å². The summed E-state index contributed by atoms with van der Waals surface area (Å²) in [4.78, 5) is 48.2. The van der Waals surface area contributed by atoms with Crippen molar-refractivity contribution in [1.29, 1.82) is 0 Å². The van der Waals surface area contributed by atoms with Gasteiger partial charge in [0.1, 0.15) is 4.47 Å². The minimum absolute atomic E-state index is 0.0102. The first-order valence-electron chi connectivity index (χ1n) is 5.63. The van der Waals surface area contributed by atoms with Crippen molar-refractivity contribution in [2.75, 3.05) is 0 Å². The normalized spacial score (nSPS) is 10.4. The molecule has 2 rings (SSSR count). The average Bonchev–Trinajstić information content (AvgIpc) is 2.45. The first kappa shape index (κ1) is 14.9. The lowest BCUT2D eigenvalue weighted by molar-refractivity contribution is -0.384. The number of aryl methyl sites for hydroxylation is 1. The van der Waals surface area contributed by atoms with E-state index in [9.17, 15) is 24.5 Å². The molecule has 0 atom stereocenters. The van der Waals surface area contributed by atoms with Crippen molar-refractivity contribution >= 4 is 27.5 Å². The summed E-state index contributed by atoms with van der Waals surface area (Å²) in [6, 6.07) is 4.60. The second-order valence-corrected chi connectivity index (χ2v) is 4.91. The highest BCUT2D eigenvalue weighted by Crippen LogP contribution is 2.12. The van der Waals surface area contributed by atoms with Crippen LogP contribution in [0, 0.1) is 17.0 Å². The molecule has 0 fully saturated rings. The minimum atomic E-state index is -0.871. The average molecular weight is 354 g/mol. The Kier molecular flexibility index (Phi) is 3.85. The molecule has 0 aliphatic carbocycles. The van der Waals surface area contributed by atoms with Gasteiger partial charge in [0.15, 0.2) is 0 Å². The van der Waals surface area contributed by atoms with Crippen LogP contribution in [0.4, 0.5) is 5.69 Å². The van der Waals surface area contributed by atoms with Crippen LogP contribution in [0.3, 0.4) is 0 Å². The third kappa shape index (κ3) is 2.68. The molecule has 0 aliphatic rings. The van der Waals surface area contributed by atoms with Gasteiger partial charge in [0, 0.05) is 23.4 Å². The summed E-state index contributed by atoms with van der Waals surface area (Å²) in [5, 5.41) is 10.5. The molecule has 21 heavy (non-hydrogen) atoms. The third-order valence-electron chi connectivity index (χ3n) is 2.75. The molecule has 0 radical (unpaired) electrons. The Morgan fingerprint density at radius 1 is 1.29 bits per heavy atom. The number of non-ortho nitro benzene ring substituents is 1. The number of rotatable bonds is 2. The number of hydrogen-bond acceptors (Lipinski definition) is 5. The van der Waals surface area contributed by atoms with Gasteiger partial charge in [0.2, 0.25) is 0 Å². The predicted molar refractivity (Wildman–Crippen MR) is 76.6 cm³/mol. The van der Waals surface area contributed by atoms with Crippen molar-refractivity contribution in [3.05, 3.63) is 70.9 Å². The Morgan fingerprint density at radius 3 is 2.38 bits per heavy atom. The number of carbonyl (C=O) groups excluding carboxylic acids is 1. The Hall–Kier alpha value is -2.55. The van der Waals surface area contributed by atoms with E-state index in [0.29, 0.717) is 10.3 Å². The Balaban J connectivity index is 2.55. The quantitative estimate of drug-likeness (QED) is 0.643. The Labute approximate surface area is 125 Å². The van der Waals surface area contributed by atoms with Crippen molar-refractivity contribution in [2.24, 2.45) is 0 Å². The van der Waals surface area contributed by atoms with Crippen molar-refractivity contribution in [2.45, 2.75) is 6.92 Å². The fraction of sp³-hybridized carbons (Fsp3) is 0.0833. The predicted octanol–water partition coefficient (Wildman–Crippen LogP) is 1.20. The van der Waals surface area contributed by atoms with Gasteiger partial charge in [-0.3, -0.25) is 19.7 Å². The van der Waals surface area contributed by atoms with Gasteiger partial charge in [-0.1, -0.05) is 0 Å². The van der Waals surface area contributed by atoms with Crippen molar-refractivity contribution in [3.63, 3.8) is 0 Å². The molecule has 1 heterocycles. The molecule has 1 N–H and O–H groups in total. The Bertz CT molecular complexity index is 851. The number of nitrogens with one attached hydrogen (secondary N) is 1. The largest absolute Gasteiger partial charge is 0.335 e. The van der Waals surface area contributed by atoms with Crippen LogP contribution in [0.1, 0.15) is 16.1 Å². The standard InChI is InChI=1S/C12H8BrN3O5/c1-6-9(13)11(18)15(12(19)14-6)10(17)7-2-4-8(5-3-7)16(20)21/h2-5H,1H3,(H,14,19). The first-order valence-corrected chi connectivity index (χ1v) is 6.43. The van der Waals surface area contributed by atoms with Crippen molar-refractivity contribution in [3.8, 4) is 0 Å². The number of aromatic nitrogens is 2. The maximum Gasteiger partial charge on any atom is 0.335 e. The molecular formula is C12H8BrN3O5. The number of nitrogens with zero attached hydrogens (tertiary/aromatic N) is 2. The third-order valence-corrected chi connectivity index (χ3v) is 3.68. The van der Waals surface area contributed by atoms with E-state index in [4.69, 9.17) is 0 Å². The van der Waals surface area contributed by atoms with E-state index in [1.54, 1.807) is 0 Å². The number of carbonyl (C=O) groups is 1. The van der Waals surface area contributed by atoms with Crippen LogP contribution in [-0.4, -0.2) is 20.4 Å². The number of halogens is 1. The molecule has 2 aromatic rings. The van der Waals surface area contributed by atoms with Crippen LogP contribution in [0.15, 0.2) is 38.3 Å². The number of nitro benzene ring substituents is 1. The van der Waals surface area contributed by atoms with Gasteiger partial charge in [-0.15, -0.1) is 0 Å². The van der Waals surface area contributed by atoms with Gasteiger partial charge in [-0.25, -0.2) is 4.79 Å². The summed E-state index contributed by atoms with van der Waals surface area (Å²) < 4.78 is 0.496. The topological polar surface area (TPSA) is 115 Å². The van der Waals surface area contributed by atoms with E-state index < -0.39 is 22.1 Å². The maximum atomic E-state index is 12.2. The first-order chi connectivity index (χ1) is 9.82. The van der Waals surface area contributed by atoms with E-state index in [1.807, 2.05) is 0 Å². The molecule has 0 amide bonds. The van der Waals surface area contributed by atoms with E-state index in [2.05, 4.69) is 20.9 Å². The highest BCUT2D eigenvalue weighted by Gasteiger charge is 2.18. The summed E-state index contributed by atoms with van der Waals surface area (Å²) >= 11 is 2.99. The second kappa shape index (κ2) is 5.44. The summed E-state index contributed by atoms with van der Waals surface area (Å²) in [5.74, 6) is -0.864. The number of hydrogen-bond donors (Lipinski definition) is 1. The van der Waals surface area contributed by atoms with Crippen LogP contribution in [0.5, 0.6) is 0 Å². The molecule has 9 heteroatoms. The lowest BCUT2D eigenvalue weighted by Crippen LogP contribution is -2.41. The van der Waals surface area contributed by atoms with Crippen LogP contribution >= 0.6 is 15.9 Å². The van der Waals surface area contributed by atoms with Gasteiger partial charge in [0.25, 0.3) is 17.2 Å². The number of aromatic amines is 1. The van der Waals surface area contributed by atoms with Crippen LogP contribution in [0.2, 0.25) is 0 Å². The highest BCUT2D eigenvalue weighted by atomic mass is 79.9. The smallest absolute Gasteiger partial charge is 0.310 e. The van der Waals surface area contributed by atoms with Gasteiger partial charge in [-0.05, 0) is 35.0 Å². The molecule has 0 spiro atoms. The van der Waals surface area contributed by atoms with Gasteiger partial charge < -0.3 is 4.98 Å². The molecule has 8 nitrogen and oxygen atoms in total. The summed E-state index contributed by atoms with van der Waals surface area (Å²) in [5.41, 5.74) is -1.57. The lowest BCUT2D eigenvalue weighted by atomic mass is 10.2. The molecule has 0 unspecified atom stereocenters. The fourth-order valence-corrected chi connectivity index (χ4v) is 1.94. The van der Waals surface area contributed by atoms with Crippen molar-refractivity contribution in [1.82, 2.24) is 9.55 Å². The summed E-state index contributed by atoms with van der Waals surface area (Å²) in [7, 11) is 0. The van der Waals surface area contributed by atoms with Gasteiger partial charge in [0.05, 0.1) is 4.92 Å². The van der Waals surface area contributed by atoms with E-state index >= 15 is 0 Å². The lowest BCUT2D eigenvalue weighted by Gasteiger charge is -2.05. The number of H-pyrrole nitrogens is 1. The fourth-order valence-electron chi connectivity index (χ4n) is 1.66. The maximum absolute atomic E-state index is 12.2. The monoisotopic (exact) mass is 353 g/mol. The van der Waals surface area contributed by atoms with Crippen molar-refractivity contribution < 1.29 is 9.72 Å². The zero-order valence-corrected chi connectivity index (χ0v) is 12.2. The molecule has 0 aliphatic heterocycles. The molecule has 108 valence electrons. The number of nitro groups is 1. The van der Waals surface area contributed by atoms with Crippen LogP contribution < -0.4 is 11.2 Å². The highest BCUT2D eigenvalue weighted by molar-refractivity contribution is 9.10. The van der Waals surface area contributed by atoms with E-state index in [-0.39, 0.29) is 15.7 Å². The van der Waals surface area contributed by atoms with E-state index in [0.717, 1.165) is 12.1 Å². The minimum Gasteiger partial charge on any atom is -0.310 e. The zero-order chi connectivity index (χ0) is 15.7. The van der Waals surface area contributed by atoms with Gasteiger partial charge in [-0.2, -0.15) is 4.57 Å². The van der Waals surface area contributed by atoms with Gasteiger partial charge >= 0.3 is 5.69 Å². The summed E-state index contributed by atoms with van der Waals surface area (Å²) in [6.07, 6.45) is 0. The second-order valence-electron chi connectivity index (χ2n) is 4.12. The Morgan fingerprint density at radius 2 is 1.86 bits per heavy atom. The SMILES string of the molecule is Cc1[nH]c(=O)n(C(=O)c2ccc([N+](=O)[O-])cc2)c(=O)c1Br. The molecular weight excluding hydrogens is 346 g/mol. The molecule has 0 saturated carbocycles. The number of benzene rings is 1. The molecule has 1 aromatic heterocycles. The molecule has 1 aromatic carbocycles. The van der Waals surface area contributed by atoms with Crippen LogP contribution in [-0.2, 0) is 0 Å². The molecule has 0 bridgehead atoms. The summed E-state index contributed by atoms with van der Waals surface area (Å²) in [6.45, 7) is 1.51. The molecule has 0 saturated heterocycles. The zero-order valence-electron chi connectivity index (χ0n) is 10.6. The van der Waals surface area contributed by atoms with Crippen LogP contribution in [0.25, 0.3) is 0 Å².